The molecule has 1 heterocycles. The summed E-state index contributed by atoms with van der Waals surface area (Å²) in [6.45, 7) is 3.80. The number of nitrogens with one attached hydrogen (secondary N) is 2. The molecule has 1 aliphatic heterocycles. The fraction of sp³-hybridized carbons (Fsp3) is 0.875. The molecular weight excluding hydrogens is 172 g/mol. The van der Waals surface area contributed by atoms with Gasteiger partial charge in [0.15, 0.2) is 0 Å². The van der Waals surface area contributed by atoms with Gasteiger partial charge in [-0.3, -0.25) is 4.21 Å². The Balaban J connectivity index is 2.44. The van der Waals surface area contributed by atoms with E-state index >= 15 is 0 Å². The van der Waals surface area contributed by atoms with Crippen LogP contribution in [0, 0.1) is 5.41 Å². The summed E-state index contributed by atoms with van der Waals surface area (Å²) in [5, 5.41) is 10.5. The standard InChI is InChI=1S/C8H16N2OS/c1-7(6-9)12(11)8-2-4-10-5-3-8/h6-10H,2-5H2,1H3. The van der Waals surface area contributed by atoms with E-state index in [4.69, 9.17) is 5.41 Å². The predicted octanol–water partition coefficient (Wildman–Crippen LogP) is 0.525. The van der Waals surface area contributed by atoms with E-state index < -0.39 is 10.8 Å². The number of hydrogen-bond acceptors (Lipinski definition) is 3. The van der Waals surface area contributed by atoms with E-state index in [-0.39, 0.29) is 5.25 Å². The third kappa shape index (κ3) is 2.38. The highest BCUT2D eigenvalue weighted by Crippen LogP contribution is 2.13. The van der Waals surface area contributed by atoms with Crippen LogP contribution in [-0.2, 0) is 10.8 Å². The van der Waals surface area contributed by atoms with Crippen LogP contribution < -0.4 is 5.32 Å². The van der Waals surface area contributed by atoms with Crippen molar-refractivity contribution in [1.29, 1.82) is 5.41 Å². The summed E-state index contributed by atoms with van der Waals surface area (Å²) in [6.07, 6.45) is 3.27. The third-order valence-corrected chi connectivity index (χ3v) is 4.21. The summed E-state index contributed by atoms with van der Waals surface area (Å²) >= 11 is 0. The monoisotopic (exact) mass is 188 g/mol. The minimum absolute atomic E-state index is 0.0758. The zero-order chi connectivity index (χ0) is 8.97. The average Bonchev–Trinajstić information content (AvgIpc) is 2.17. The molecule has 1 aliphatic rings. The Morgan fingerprint density at radius 3 is 2.67 bits per heavy atom. The Kier molecular flexibility index (Phi) is 3.88. The second-order valence-electron chi connectivity index (χ2n) is 3.15. The highest BCUT2D eigenvalue weighted by atomic mass is 32.2. The quantitative estimate of drug-likeness (QED) is 0.635. The van der Waals surface area contributed by atoms with E-state index in [0.717, 1.165) is 25.9 Å². The van der Waals surface area contributed by atoms with Gasteiger partial charge in [0.05, 0.1) is 5.25 Å². The van der Waals surface area contributed by atoms with Gasteiger partial charge in [-0.2, -0.15) is 0 Å². The summed E-state index contributed by atoms with van der Waals surface area (Å²) in [7, 11) is -0.834. The number of piperidine rings is 1. The first-order valence-corrected chi connectivity index (χ1v) is 5.64. The van der Waals surface area contributed by atoms with Gasteiger partial charge in [-0.1, -0.05) is 0 Å². The molecule has 0 amide bonds. The Bertz CT molecular complexity index is 178. The number of hydrogen-bond donors (Lipinski definition) is 2. The van der Waals surface area contributed by atoms with Crippen LogP contribution in [0.4, 0.5) is 0 Å². The van der Waals surface area contributed by atoms with Gasteiger partial charge < -0.3 is 10.7 Å². The summed E-state index contributed by atoms with van der Waals surface area (Å²) < 4.78 is 11.7. The molecule has 0 saturated carbocycles. The van der Waals surface area contributed by atoms with E-state index in [1.807, 2.05) is 6.92 Å². The lowest BCUT2D eigenvalue weighted by molar-refractivity contribution is 0.519. The first-order chi connectivity index (χ1) is 5.75. The lowest BCUT2D eigenvalue weighted by Gasteiger charge is -2.23. The van der Waals surface area contributed by atoms with Crippen molar-refractivity contribution in [3.8, 4) is 0 Å². The summed E-state index contributed by atoms with van der Waals surface area (Å²) in [6, 6.07) is 0. The minimum atomic E-state index is -0.834. The molecule has 0 aromatic rings. The molecule has 70 valence electrons. The topological polar surface area (TPSA) is 53.0 Å². The van der Waals surface area contributed by atoms with Gasteiger partial charge in [-0.15, -0.1) is 0 Å². The molecule has 2 atom stereocenters. The molecule has 12 heavy (non-hydrogen) atoms. The van der Waals surface area contributed by atoms with Crippen LogP contribution in [0.1, 0.15) is 19.8 Å². The Labute approximate surface area is 75.9 Å². The first-order valence-electron chi connectivity index (χ1n) is 4.36. The molecule has 1 fully saturated rings. The largest absolute Gasteiger partial charge is 0.317 e. The molecule has 2 unspecified atom stereocenters. The average molecular weight is 188 g/mol. The Hall–Kier alpha value is -0.220. The maximum absolute atomic E-state index is 11.7. The van der Waals surface area contributed by atoms with Crippen molar-refractivity contribution in [3.05, 3.63) is 0 Å². The molecule has 0 aromatic heterocycles. The molecule has 4 heteroatoms. The van der Waals surface area contributed by atoms with Gasteiger partial charge in [0.2, 0.25) is 0 Å². The molecule has 0 spiro atoms. The van der Waals surface area contributed by atoms with E-state index in [1.165, 1.54) is 6.21 Å². The first kappa shape index (κ1) is 9.86. The van der Waals surface area contributed by atoms with Crippen molar-refractivity contribution in [2.45, 2.75) is 30.3 Å². The Morgan fingerprint density at radius 2 is 2.17 bits per heavy atom. The van der Waals surface area contributed by atoms with E-state index in [2.05, 4.69) is 5.32 Å². The van der Waals surface area contributed by atoms with Crippen LogP contribution >= 0.6 is 0 Å². The zero-order valence-electron chi connectivity index (χ0n) is 7.38. The lowest BCUT2D eigenvalue weighted by Crippen LogP contribution is -2.36. The van der Waals surface area contributed by atoms with Crippen molar-refractivity contribution in [1.82, 2.24) is 5.32 Å². The van der Waals surface area contributed by atoms with E-state index in [0.29, 0.717) is 5.25 Å². The molecule has 2 N–H and O–H groups in total. The molecule has 1 saturated heterocycles. The lowest BCUT2D eigenvalue weighted by atomic mass is 10.2. The van der Waals surface area contributed by atoms with Crippen LogP contribution in [0.15, 0.2) is 0 Å². The van der Waals surface area contributed by atoms with Crippen molar-refractivity contribution in [2.24, 2.45) is 0 Å². The van der Waals surface area contributed by atoms with Crippen LogP contribution in [0.25, 0.3) is 0 Å². The highest BCUT2D eigenvalue weighted by Gasteiger charge is 2.22. The third-order valence-electron chi connectivity index (χ3n) is 2.22. The second kappa shape index (κ2) is 4.72. The molecule has 0 bridgehead atoms. The van der Waals surface area contributed by atoms with E-state index in [9.17, 15) is 4.21 Å². The van der Waals surface area contributed by atoms with Gasteiger partial charge in [-0.05, 0) is 32.9 Å². The SMILES string of the molecule is CC(C=N)S(=O)C1CCNCC1. The number of rotatable bonds is 3. The fourth-order valence-electron chi connectivity index (χ4n) is 1.40. The van der Waals surface area contributed by atoms with Gasteiger partial charge in [-0.25, -0.2) is 0 Å². The summed E-state index contributed by atoms with van der Waals surface area (Å²) in [5.74, 6) is 0. The second-order valence-corrected chi connectivity index (χ2v) is 5.22. The van der Waals surface area contributed by atoms with Gasteiger partial charge in [0, 0.05) is 22.3 Å². The predicted molar refractivity (Wildman–Crippen MR) is 52.3 cm³/mol. The molecular formula is C8H16N2OS. The van der Waals surface area contributed by atoms with Gasteiger partial charge >= 0.3 is 0 Å². The van der Waals surface area contributed by atoms with Crippen molar-refractivity contribution < 1.29 is 4.21 Å². The van der Waals surface area contributed by atoms with Crippen molar-refractivity contribution >= 4 is 17.0 Å². The zero-order valence-corrected chi connectivity index (χ0v) is 8.19. The van der Waals surface area contributed by atoms with Gasteiger partial charge in [0.25, 0.3) is 0 Å². The smallest absolute Gasteiger partial charge is 0.0667 e. The Morgan fingerprint density at radius 1 is 1.58 bits per heavy atom. The van der Waals surface area contributed by atoms with Gasteiger partial charge in [0.1, 0.15) is 0 Å². The summed E-state index contributed by atoms with van der Waals surface area (Å²) in [5.41, 5.74) is 0. The minimum Gasteiger partial charge on any atom is -0.317 e. The summed E-state index contributed by atoms with van der Waals surface area (Å²) in [4.78, 5) is 0. The molecule has 0 aliphatic carbocycles. The highest BCUT2D eigenvalue weighted by molar-refractivity contribution is 7.87. The molecule has 1 rings (SSSR count). The van der Waals surface area contributed by atoms with Crippen molar-refractivity contribution in [2.75, 3.05) is 13.1 Å². The maximum atomic E-state index is 11.7. The fourth-order valence-corrected chi connectivity index (χ4v) is 2.84. The van der Waals surface area contributed by atoms with Crippen LogP contribution in [-0.4, -0.2) is 34.0 Å². The van der Waals surface area contributed by atoms with Crippen LogP contribution in [0.2, 0.25) is 0 Å². The van der Waals surface area contributed by atoms with E-state index in [1.54, 1.807) is 0 Å². The molecule has 0 radical (unpaired) electrons. The normalized spacial score (nSPS) is 24.8. The van der Waals surface area contributed by atoms with Crippen LogP contribution in [0.5, 0.6) is 0 Å². The maximum Gasteiger partial charge on any atom is 0.0667 e. The van der Waals surface area contributed by atoms with Crippen molar-refractivity contribution in [3.63, 3.8) is 0 Å². The van der Waals surface area contributed by atoms with Crippen LogP contribution in [0.3, 0.4) is 0 Å². The molecule has 0 aromatic carbocycles. The molecule has 3 nitrogen and oxygen atoms in total.